The first-order chi connectivity index (χ1) is 11.1. The summed E-state index contributed by atoms with van der Waals surface area (Å²) in [6, 6.07) is 20.7. The summed E-state index contributed by atoms with van der Waals surface area (Å²) >= 11 is 0. The minimum Gasteiger partial charge on any atom is -0.353 e. The molecule has 2 nitrogen and oxygen atoms in total. The largest absolute Gasteiger partial charge is 0.353 e. The smallest absolute Gasteiger partial charge is 0.129 e. The Kier molecular flexibility index (Phi) is 5.93. The molecule has 1 atom stereocenters. The standard InChI is InChI=1S/C21H24N2/c1-5-12-21(22-17(2)19-13-8-6-9-14-19)23(4)18(3)20-15-10-7-11-16-20/h5-16,18H,2H2,1,3-4H3/b12-5-,22-21?. The minimum absolute atomic E-state index is 0.231. The van der Waals surface area contributed by atoms with Gasteiger partial charge in [0.05, 0.1) is 11.7 Å². The van der Waals surface area contributed by atoms with Crippen molar-refractivity contribution in [2.75, 3.05) is 7.05 Å². The van der Waals surface area contributed by atoms with E-state index >= 15 is 0 Å². The lowest BCUT2D eigenvalue weighted by molar-refractivity contribution is 0.404. The van der Waals surface area contributed by atoms with Crippen molar-refractivity contribution in [2.45, 2.75) is 19.9 Å². The van der Waals surface area contributed by atoms with Gasteiger partial charge < -0.3 is 4.90 Å². The molecule has 0 N–H and O–H groups in total. The summed E-state index contributed by atoms with van der Waals surface area (Å²) in [5.41, 5.74) is 3.07. The molecule has 0 amide bonds. The van der Waals surface area contributed by atoms with E-state index in [1.54, 1.807) is 0 Å². The predicted molar refractivity (Wildman–Crippen MR) is 100 cm³/mol. The van der Waals surface area contributed by atoms with E-state index in [0.29, 0.717) is 0 Å². The summed E-state index contributed by atoms with van der Waals surface area (Å²) in [5, 5.41) is 0. The molecule has 2 heteroatoms. The van der Waals surface area contributed by atoms with Gasteiger partial charge in [-0.1, -0.05) is 73.3 Å². The Balaban J connectivity index is 2.27. The van der Waals surface area contributed by atoms with Crippen LogP contribution in [0.3, 0.4) is 0 Å². The first-order valence-corrected chi connectivity index (χ1v) is 7.87. The molecule has 2 rings (SSSR count). The highest BCUT2D eigenvalue weighted by Gasteiger charge is 2.14. The number of hydrogen-bond acceptors (Lipinski definition) is 1. The molecule has 0 radical (unpaired) electrons. The van der Waals surface area contributed by atoms with Gasteiger partial charge in [-0.2, -0.15) is 0 Å². The molecule has 0 saturated carbocycles. The third kappa shape index (κ3) is 4.43. The maximum atomic E-state index is 4.74. The molecule has 1 unspecified atom stereocenters. The van der Waals surface area contributed by atoms with Crippen LogP contribution in [-0.2, 0) is 0 Å². The second-order valence-electron chi connectivity index (χ2n) is 5.48. The fourth-order valence-electron chi connectivity index (χ4n) is 2.37. The molecular weight excluding hydrogens is 280 g/mol. The molecule has 0 aromatic heterocycles. The normalized spacial score (nSPS) is 13.1. The summed E-state index contributed by atoms with van der Waals surface area (Å²) < 4.78 is 0. The van der Waals surface area contributed by atoms with Crippen LogP contribution in [0.1, 0.15) is 31.0 Å². The quantitative estimate of drug-likeness (QED) is 0.539. The Hall–Kier alpha value is -2.61. The lowest BCUT2D eigenvalue weighted by Crippen LogP contribution is -2.28. The molecule has 2 aromatic carbocycles. The van der Waals surface area contributed by atoms with Gasteiger partial charge in [0.1, 0.15) is 5.84 Å². The van der Waals surface area contributed by atoms with Crippen molar-refractivity contribution >= 4 is 11.5 Å². The number of benzene rings is 2. The molecule has 0 bridgehead atoms. The van der Waals surface area contributed by atoms with Crippen molar-refractivity contribution in [3.8, 4) is 0 Å². The zero-order valence-corrected chi connectivity index (χ0v) is 14.1. The first-order valence-electron chi connectivity index (χ1n) is 7.87. The van der Waals surface area contributed by atoms with Crippen molar-refractivity contribution in [2.24, 2.45) is 4.99 Å². The molecule has 0 heterocycles. The van der Waals surface area contributed by atoms with Crippen LogP contribution in [0.2, 0.25) is 0 Å². The molecule has 0 spiro atoms. The molecule has 0 aliphatic heterocycles. The third-order valence-corrected chi connectivity index (χ3v) is 3.90. The Labute approximate surface area is 139 Å². The second kappa shape index (κ2) is 8.14. The second-order valence-corrected chi connectivity index (χ2v) is 5.48. The highest BCUT2D eigenvalue weighted by Crippen LogP contribution is 2.21. The fraction of sp³-hybridized carbons (Fsp3) is 0.190. The van der Waals surface area contributed by atoms with Crippen LogP contribution >= 0.6 is 0 Å². The van der Waals surface area contributed by atoms with E-state index < -0.39 is 0 Å². The average Bonchev–Trinajstić information content (AvgIpc) is 2.61. The van der Waals surface area contributed by atoms with Gasteiger partial charge in [0.2, 0.25) is 0 Å². The lowest BCUT2D eigenvalue weighted by atomic mass is 10.1. The van der Waals surface area contributed by atoms with Crippen LogP contribution in [0.5, 0.6) is 0 Å². The maximum absolute atomic E-state index is 4.74. The molecule has 118 valence electrons. The minimum atomic E-state index is 0.231. The van der Waals surface area contributed by atoms with Crippen LogP contribution in [0.25, 0.3) is 5.70 Å². The number of aliphatic imine (C=N–C) groups is 1. The molecule has 0 saturated heterocycles. The number of likely N-dealkylation sites (N-methyl/N-ethyl adjacent to an activating group) is 1. The van der Waals surface area contributed by atoms with Gasteiger partial charge in [-0.05, 0) is 31.1 Å². The van der Waals surface area contributed by atoms with E-state index in [0.717, 1.165) is 17.1 Å². The summed E-state index contributed by atoms with van der Waals surface area (Å²) in [6.07, 6.45) is 4.03. The van der Waals surface area contributed by atoms with E-state index in [-0.39, 0.29) is 6.04 Å². The van der Waals surface area contributed by atoms with Gasteiger partial charge in [-0.25, -0.2) is 4.99 Å². The molecule has 0 aliphatic carbocycles. The van der Waals surface area contributed by atoms with Crippen LogP contribution < -0.4 is 0 Å². The van der Waals surface area contributed by atoms with E-state index in [2.05, 4.69) is 49.7 Å². The first kappa shape index (κ1) is 16.8. The van der Waals surface area contributed by atoms with Crippen LogP contribution in [0, 0.1) is 0 Å². The van der Waals surface area contributed by atoms with Crippen molar-refractivity contribution in [1.82, 2.24) is 4.90 Å². The van der Waals surface area contributed by atoms with Crippen molar-refractivity contribution in [3.63, 3.8) is 0 Å². The Morgan fingerprint density at radius 3 is 2.17 bits per heavy atom. The van der Waals surface area contributed by atoms with E-state index in [1.165, 1.54) is 5.56 Å². The zero-order valence-electron chi connectivity index (χ0n) is 14.1. The van der Waals surface area contributed by atoms with E-state index in [9.17, 15) is 0 Å². The number of allylic oxidation sites excluding steroid dienone is 1. The molecule has 0 aliphatic rings. The summed E-state index contributed by atoms with van der Waals surface area (Å²) in [7, 11) is 2.06. The topological polar surface area (TPSA) is 15.6 Å². The number of rotatable bonds is 5. The molecule has 23 heavy (non-hydrogen) atoms. The highest BCUT2D eigenvalue weighted by atomic mass is 15.2. The third-order valence-electron chi connectivity index (χ3n) is 3.90. The van der Waals surface area contributed by atoms with Crippen LogP contribution in [-0.4, -0.2) is 17.8 Å². The molecule has 0 fully saturated rings. The monoisotopic (exact) mass is 304 g/mol. The summed E-state index contributed by atoms with van der Waals surface area (Å²) in [4.78, 5) is 6.91. The summed E-state index contributed by atoms with van der Waals surface area (Å²) in [6.45, 7) is 8.30. The molecular formula is C21H24N2. The average molecular weight is 304 g/mol. The Bertz CT molecular complexity index is 684. The van der Waals surface area contributed by atoms with Crippen molar-refractivity contribution in [1.29, 1.82) is 0 Å². The van der Waals surface area contributed by atoms with Gasteiger partial charge in [-0.15, -0.1) is 0 Å². The van der Waals surface area contributed by atoms with Gasteiger partial charge in [-0.3, -0.25) is 0 Å². The van der Waals surface area contributed by atoms with Gasteiger partial charge in [0, 0.05) is 7.05 Å². The maximum Gasteiger partial charge on any atom is 0.129 e. The number of nitrogens with zero attached hydrogens (tertiary/aromatic N) is 2. The lowest BCUT2D eigenvalue weighted by Gasteiger charge is -2.27. The van der Waals surface area contributed by atoms with Crippen molar-refractivity contribution in [3.05, 3.63) is 90.5 Å². The zero-order chi connectivity index (χ0) is 16.7. The highest BCUT2D eigenvalue weighted by molar-refractivity contribution is 5.96. The SMILES string of the molecule is C=C(N=C(/C=C\C)N(C)C(C)c1ccccc1)c1ccccc1. The van der Waals surface area contributed by atoms with E-state index in [1.807, 2.05) is 55.5 Å². The fourth-order valence-corrected chi connectivity index (χ4v) is 2.37. The predicted octanol–water partition coefficient (Wildman–Crippen LogP) is 5.32. The van der Waals surface area contributed by atoms with Gasteiger partial charge in [0.25, 0.3) is 0 Å². The number of amidine groups is 1. The Morgan fingerprint density at radius 2 is 1.61 bits per heavy atom. The Morgan fingerprint density at radius 1 is 1.04 bits per heavy atom. The van der Waals surface area contributed by atoms with Gasteiger partial charge >= 0.3 is 0 Å². The number of hydrogen-bond donors (Lipinski definition) is 0. The van der Waals surface area contributed by atoms with E-state index in [4.69, 9.17) is 4.99 Å². The molecule has 2 aromatic rings. The summed E-state index contributed by atoms with van der Waals surface area (Å²) in [5.74, 6) is 0.901. The van der Waals surface area contributed by atoms with Crippen molar-refractivity contribution < 1.29 is 0 Å². The van der Waals surface area contributed by atoms with Gasteiger partial charge in [0.15, 0.2) is 0 Å². The van der Waals surface area contributed by atoms with Crippen LogP contribution in [0.4, 0.5) is 0 Å². The van der Waals surface area contributed by atoms with Crippen LogP contribution in [0.15, 0.2) is 84.4 Å².